The van der Waals surface area contributed by atoms with Crippen LogP contribution in [0.1, 0.15) is 23.7 Å². The van der Waals surface area contributed by atoms with Crippen LogP contribution in [0.4, 0.5) is 0 Å². The fraction of sp³-hybridized carbons (Fsp3) is 0.385. The highest BCUT2D eigenvalue weighted by Crippen LogP contribution is 2.36. The van der Waals surface area contributed by atoms with Crippen LogP contribution in [0.3, 0.4) is 0 Å². The molecular weight excluding hydrogens is 220 g/mol. The van der Waals surface area contributed by atoms with Gasteiger partial charge in [-0.3, -0.25) is 9.59 Å². The number of carbonyl (C=O) groups is 2. The Balaban J connectivity index is 2.06. The Kier molecular flexibility index (Phi) is 3.13. The van der Waals surface area contributed by atoms with Crippen molar-refractivity contribution in [3.63, 3.8) is 0 Å². The standard InChI is InChI=1S/C13H14O4/c1-8(14)9-5-3-4-6-11(9)17-12-7-10(12)13(15)16-2/h3-6,10,12H,7H2,1-2H3. The summed E-state index contributed by atoms with van der Waals surface area (Å²) in [5.74, 6) is 0.0441. The van der Waals surface area contributed by atoms with E-state index in [1.165, 1.54) is 14.0 Å². The normalized spacial score (nSPS) is 21.8. The summed E-state index contributed by atoms with van der Waals surface area (Å²) in [5.41, 5.74) is 0.544. The molecule has 0 N–H and O–H groups in total. The van der Waals surface area contributed by atoms with Crippen molar-refractivity contribution in [1.82, 2.24) is 0 Å². The smallest absolute Gasteiger partial charge is 0.312 e. The Morgan fingerprint density at radius 2 is 2.00 bits per heavy atom. The zero-order valence-corrected chi connectivity index (χ0v) is 9.80. The van der Waals surface area contributed by atoms with Gasteiger partial charge in [-0.15, -0.1) is 0 Å². The largest absolute Gasteiger partial charge is 0.489 e. The second-order valence-corrected chi connectivity index (χ2v) is 4.07. The molecule has 0 aromatic heterocycles. The predicted octanol–water partition coefficient (Wildman–Crippen LogP) is 1.83. The highest BCUT2D eigenvalue weighted by molar-refractivity contribution is 5.96. The van der Waals surface area contributed by atoms with Gasteiger partial charge in [0.05, 0.1) is 18.6 Å². The molecule has 2 unspecified atom stereocenters. The second-order valence-electron chi connectivity index (χ2n) is 4.07. The van der Waals surface area contributed by atoms with Crippen molar-refractivity contribution in [3.8, 4) is 5.75 Å². The van der Waals surface area contributed by atoms with Crippen LogP contribution in [-0.2, 0) is 9.53 Å². The van der Waals surface area contributed by atoms with Gasteiger partial charge in [0.1, 0.15) is 11.9 Å². The van der Waals surface area contributed by atoms with Crippen molar-refractivity contribution in [2.45, 2.75) is 19.4 Å². The molecule has 1 aliphatic rings. The minimum atomic E-state index is -0.254. The molecule has 2 rings (SSSR count). The molecule has 4 heteroatoms. The van der Waals surface area contributed by atoms with E-state index < -0.39 is 0 Å². The van der Waals surface area contributed by atoms with Gasteiger partial charge in [-0.25, -0.2) is 0 Å². The molecule has 0 bridgehead atoms. The van der Waals surface area contributed by atoms with E-state index in [0.29, 0.717) is 17.7 Å². The Bertz CT molecular complexity index is 452. The summed E-state index contributed by atoms with van der Waals surface area (Å²) in [6.07, 6.45) is 0.488. The molecule has 1 aliphatic carbocycles. The first kappa shape index (κ1) is 11.6. The van der Waals surface area contributed by atoms with E-state index in [1.54, 1.807) is 24.3 Å². The van der Waals surface area contributed by atoms with Crippen LogP contribution in [0.25, 0.3) is 0 Å². The maximum atomic E-state index is 11.4. The Labute approximate surface area is 99.5 Å². The lowest BCUT2D eigenvalue weighted by Crippen LogP contribution is -2.11. The summed E-state index contributed by atoms with van der Waals surface area (Å²) in [6, 6.07) is 7.04. The SMILES string of the molecule is COC(=O)C1CC1Oc1ccccc1C(C)=O. The number of esters is 1. The molecule has 2 atom stereocenters. The summed E-state index contributed by atoms with van der Waals surface area (Å²) in [5, 5.41) is 0. The summed E-state index contributed by atoms with van der Waals surface area (Å²) in [6.45, 7) is 1.49. The number of rotatable bonds is 4. The van der Waals surface area contributed by atoms with Crippen LogP contribution in [-0.4, -0.2) is 25.0 Å². The van der Waals surface area contributed by atoms with Crippen molar-refractivity contribution in [2.75, 3.05) is 7.11 Å². The minimum absolute atomic E-state index is 0.0455. The van der Waals surface area contributed by atoms with E-state index in [9.17, 15) is 9.59 Å². The second kappa shape index (κ2) is 4.57. The third-order valence-corrected chi connectivity index (χ3v) is 2.78. The molecule has 17 heavy (non-hydrogen) atoms. The zero-order valence-electron chi connectivity index (χ0n) is 9.80. The van der Waals surface area contributed by atoms with Gasteiger partial charge < -0.3 is 9.47 Å². The van der Waals surface area contributed by atoms with E-state index in [2.05, 4.69) is 4.74 Å². The molecule has 0 aliphatic heterocycles. The molecular formula is C13H14O4. The van der Waals surface area contributed by atoms with Gasteiger partial charge >= 0.3 is 5.97 Å². The number of hydrogen-bond donors (Lipinski definition) is 0. The Morgan fingerprint density at radius 1 is 1.29 bits per heavy atom. The molecule has 0 radical (unpaired) electrons. The van der Waals surface area contributed by atoms with E-state index in [1.807, 2.05) is 0 Å². The number of para-hydroxylation sites is 1. The first-order chi connectivity index (χ1) is 8.13. The lowest BCUT2D eigenvalue weighted by Gasteiger charge is -2.08. The molecule has 0 heterocycles. The average molecular weight is 234 g/mol. The van der Waals surface area contributed by atoms with E-state index in [-0.39, 0.29) is 23.8 Å². The molecule has 1 aromatic carbocycles. The quantitative estimate of drug-likeness (QED) is 0.589. The van der Waals surface area contributed by atoms with Crippen molar-refractivity contribution < 1.29 is 19.1 Å². The van der Waals surface area contributed by atoms with Crippen molar-refractivity contribution >= 4 is 11.8 Å². The fourth-order valence-electron chi connectivity index (χ4n) is 1.72. The molecule has 4 nitrogen and oxygen atoms in total. The third kappa shape index (κ3) is 2.46. The van der Waals surface area contributed by atoms with Crippen molar-refractivity contribution in [2.24, 2.45) is 5.92 Å². The van der Waals surface area contributed by atoms with Gasteiger partial charge in [0.15, 0.2) is 5.78 Å². The number of ketones is 1. The molecule has 0 saturated heterocycles. The van der Waals surface area contributed by atoms with Gasteiger partial charge in [-0.1, -0.05) is 12.1 Å². The van der Waals surface area contributed by atoms with E-state index in [0.717, 1.165) is 0 Å². The van der Waals surface area contributed by atoms with Crippen molar-refractivity contribution in [3.05, 3.63) is 29.8 Å². The Hall–Kier alpha value is -1.84. The van der Waals surface area contributed by atoms with Gasteiger partial charge in [0.2, 0.25) is 0 Å². The summed E-state index contributed by atoms with van der Waals surface area (Å²) >= 11 is 0. The van der Waals surface area contributed by atoms with Gasteiger partial charge in [-0.2, -0.15) is 0 Å². The number of Topliss-reactive ketones (excluding diaryl/α,β-unsaturated/α-hetero) is 1. The molecule has 1 fully saturated rings. The van der Waals surface area contributed by atoms with Gasteiger partial charge in [0, 0.05) is 6.42 Å². The van der Waals surface area contributed by atoms with Gasteiger partial charge in [-0.05, 0) is 19.1 Å². The zero-order chi connectivity index (χ0) is 12.4. The number of benzene rings is 1. The molecule has 1 aromatic rings. The number of ether oxygens (including phenoxy) is 2. The first-order valence-electron chi connectivity index (χ1n) is 5.48. The van der Waals surface area contributed by atoms with Gasteiger partial charge in [0.25, 0.3) is 0 Å². The number of methoxy groups -OCH3 is 1. The van der Waals surface area contributed by atoms with E-state index in [4.69, 9.17) is 4.74 Å². The predicted molar refractivity (Wildman–Crippen MR) is 61.0 cm³/mol. The number of hydrogen-bond acceptors (Lipinski definition) is 4. The summed E-state index contributed by atoms with van der Waals surface area (Å²) in [7, 11) is 1.36. The molecule has 0 amide bonds. The number of carbonyl (C=O) groups excluding carboxylic acids is 2. The molecule has 90 valence electrons. The summed E-state index contributed by atoms with van der Waals surface area (Å²) in [4.78, 5) is 22.6. The Morgan fingerprint density at radius 3 is 2.65 bits per heavy atom. The first-order valence-corrected chi connectivity index (χ1v) is 5.48. The summed E-state index contributed by atoms with van der Waals surface area (Å²) < 4.78 is 10.3. The molecule has 1 saturated carbocycles. The highest BCUT2D eigenvalue weighted by Gasteiger charge is 2.46. The topological polar surface area (TPSA) is 52.6 Å². The average Bonchev–Trinajstić information content (AvgIpc) is 3.08. The van der Waals surface area contributed by atoms with Crippen LogP contribution in [0.5, 0.6) is 5.75 Å². The third-order valence-electron chi connectivity index (χ3n) is 2.78. The minimum Gasteiger partial charge on any atom is -0.489 e. The lowest BCUT2D eigenvalue weighted by atomic mass is 10.1. The maximum absolute atomic E-state index is 11.4. The fourth-order valence-corrected chi connectivity index (χ4v) is 1.72. The highest BCUT2D eigenvalue weighted by atomic mass is 16.5. The van der Waals surface area contributed by atoms with Crippen LogP contribution in [0.15, 0.2) is 24.3 Å². The van der Waals surface area contributed by atoms with E-state index >= 15 is 0 Å². The van der Waals surface area contributed by atoms with Crippen LogP contribution >= 0.6 is 0 Å². The molecule has 0 spiro atoms. The monoisotopic (exact) mass is 234 g/mol. The van der Waals surface area contributed by atoms with Crippen LogP contribution in [0, 0.1) is 5.92 Å². The lowest BCUT2D eigenvalue weighted by molar-refractivity contribution is -0.142. The van der Waals surface area contributed by atoms with Crippen molar-refractivity contribution in [1.29, 1.82) is 0 Å². The van der Waals surface area contributed by atoms with Crippen LogP contribution in [0.2, 0.25) is 0 Å². The van der Waals surface area contributed by atoms with Crippen LogP contribution < -0.4 is 4.74 Å². The maximum Gasteiger partial charge on any atom is 0.312 e.